The minimum absolute atomic E-state index is 0.0990. The molecule has 1 saturated heterocycles. The van der Waals surface area contributed by atoms with Gasteiger partial charge in [-0.1, -0.05) is 6.42 Å². The van der Waals surface area contributed by atoms with Crippen LogP contribution in [0.3, 0.4) is 0 Å². The van der Waals surface area contributed by atoms with Crippen molar-refractivity contribution in [3.63, 3.8) is 0 Å². The first kappa shape index (κ1) is 13.5. The number of halogens is 1. The third kappa shape index (κ3) is 3.09. The monoisotopic (exact) mass is 316 g/mol. The fourth-order valence-electron chi connectivity index (χ4n) is 1.97. The maximum absolute atomic E-state index is 11.9. The average molecular weight is 317 g/mol. The van der Waals surface area contributed by atoms with Crippen LogP contribution >= 0.6 is 15.9 Å². The van der Waals surface area contributed by atoms with Crippen LogP contribution in [0.5, 0.6) is 0 Å². The van der Waals surface area contributed by atoms with E-state index in [2.05, 4.69) is 31.5 Å². The Morgan fingerprint density at radius 1 is 1.39 bits per heavy atom. The number of anilines is 1. The molecule has 0 aromatic carbocycles. The third-order valence-electron chi connectivity index (χ3n) is 2.93. The van der Waals surface area contributed by atoms with Crippen molar-refractivity contribution in [2.45, 2.75) is 25.8 Å². The van der Waals surface area contributed by atoms with E-state index in [0.29, 0.717) is 10.2 Å². The Bertz CT molecular complexity index is 457. The highest BCUT2D eigenvalue weighted by Crippen LogP contribution is 2.18. The predicted octanol–water partition coefficient (Wildman–Crippen LogP) is 0.811. The molecule has 0 bridgehead atoms. The molecule has 1 aromatic rings. The lowest BCUT2D eigenvalue weighted by molar-refractivity contribution is 0.264. The molecular formula is C11H17BrN4O2. The minimum atomic E-state index is -0.231. The Labute approximate surface area is 114 Å². The lowest BCUT2D eigenvalue weighted by atomic mass is 10.2. The molecule has 0 saturated carbocycles. The summed E-state index contributed by atoms with van der Waals surface area (Å²) in [5, 5.41) is 14.9. The molecule has 0 atom stereocenters. The molecule has 0 radical (unpaired) electrons. The van der Waals surface area contributed by atoms with Crippen molar-refractivity contribution in [2.75, 3.05) is 25.1 Å². The molecule has 0 amide bonds. The molecule has 0 aliphatic carbocycles. The summed E-state index contributed by atoms with van der Waals surface area (Å²) in [6.45, 7) is 2.07. The zero-order valence-electron chi connectivity index (χ0n) is 10.1. The maximum atomic E-state index is 11.9. The Balaban J connectivity index is 2.13. The molecule has 2 rings (SSSR count). The number of hydrazine groups is 1. The molecule has 18 heavy (non-hydrogen) atoms. The summed E-state index contributed by atoms with van der Waals surface area (Å²) in [6, 6.07) is 0. The highest BCUT2D eigenvalue weighted by Gasteiger charge is 2.13. The Kier molecular flexibility index (Phi) is 4.73. The topological polar surface area (TPSA) is 70.4 Å². The molecule has 1 fully saturated rings. The summed E-state index contributed by atoms with van der Waals surface area (Å²) in [5.41, 5.74) is 3.65. The van der Waals surface area contributed by atoms with E-state index in [1.54, 1.807) is 6.20 Å². The summed E-state index contributed by atoms with van der Waals surface area (Å²) < 4.78 is 1.70. The quantitative estimate of drug-likeness (QED) is 0.860. The van der Waals surface area contributed by atoms with E-state index < -0.39 is 0 Å². The fraction of sp³-hybridized carbons (Fsp3) is 0.636. The molecule has 2 N–H and O–H groups in total. The Morgan fingerprint density at radius 2 is 2.11 bits per heavy atom. The van der Waals surface area contributed by atoms with Gasteiger partial charge < -0.3 is 10.5 Å². The molecule has 0 spiro atoms. The highest BCUT2D eigenvalue weighted by atomic mass is 79.9. The van der Waals surface area contributed by atoms with Gasteiger partial charge in [0.05, 0.1) is 25.0 Å². The van der Waals surface area contributed by atoms with Crippen molar-refractivity contribution in [3.8, 4) is 0 Å². The van der Waals surface area contributed by atoms with E-state index >= 15 is 0 Å². The molecule has 1 aliphatic rings. The van der Waals surface area contributed by atoms with Crippen molar-refractivity contribution in [1.82, 2.24) is 14.8 Å². The third-order valence-corrected chi connectivity index (χ3v) is 3.70. The first-order chi connectivity index (χ1) is 8.72. The van der Waals surface area contributed by atoms with Crippen LogP contribution in [-0.4, -0.2) is 39.6 Å². The van der Waals surface area contributed by atoms with E-state index in [9.17, 15) is 4.79 Å². The Morgan fingerprint density at radius 3 is 2.78 bits per heavy atom. The van der Waals surface area contributed by atoms with E-state index in [-0.39, 0.29) is 18.7 Å². The molecule has 1 aliphatic heterocycles. The number of hydrogen-bond donors (Lipinski definition) is 2. The number of rotatable bonds is 4. The maximum Gasteiger partial charge on any atom is 0.283 e. The molecular weight excluding hydrogens is 300 g/mol. The fourth-order valence-corrected chi connectivity index (χ4v) is 2.37. The normalized spacial score (nSPS) is 16.8. The summed E-state index contributed by atoms with van der Waals surface area (Å²) in [7, 11) is 0. The minimum Gasteiger partial charge on any atom is -0.394 e. The van der Waals surface area contributed by atoms with Gasteiger partial charge in [-0.3, -0.25) is 4.79 Å². The largest absolute Gasteiger partial charge is 0.394 e. The van der Waals surface area contributed by atoms with Crippen molar-refractivity contribution in [3.05, 3.63) is 21.0 Å². The van der Waals surface area contributed by atoms with Gasteiger partial charge in [0.2, 0.25) is 0 Å². The zero-order valence-corrected chi connectivity index (χ0v) is 11.7. The second kappa shape index (κ2) is 6.31. The number of nitrogens with zero attached hydrogens (tertiary/aromatic N) is 3. The van der Waals surface area contributed by atoms with Gasteiger partial charge in [-0.05, 0) is 28.8 Å². The second-order valence-electron chi connectivity index (χ2n) is 4.28. The molecule has 2 heterocycles. The number of hydrogen-bond acceptors (Lipinski definition) is 5. The summed E-state index contributed by atoms with van der Waals surface area (Å²) in [6.07, 6.45) is 5.20. The van der Waals surface area contributed by atoms with Crippen LogP contribution in [0.2, 0.25) is 0 Å². The summed E-state index contributed by atoms with van der Waals surface area (Å²) in [5.74, 6) is 0. The number of aliphatic hydroxyl groups excluding tert-OH is 1. The van der Waals surface area contributed by atoms with Crippen LogP contribution in [0.4, 0.5) is 5.69 Å². The van der Waals surface area contributed by atoms with Gasteiger partial charge in [0.15, 0.2) is 0 Å². The smallest absolute Gasteiger partial charge is 0.283 e. The molecule has 0 unspecified atom stereocenters. The number of nitrogens with one attached hydrogen (secondary N) is 1. The van der Waals surface area contributed by atoms with Gasteiger partial charge in [-0.15, -0.1) is 0 Å². The van der Waals surface area contributed by atoms with E-state index in [1.165, 1.54) is 23.9 Å². The molecule has 7 heteroatoms. The van der Waals surface area contributed by atoms with Crippen molar-refractivity contribution >= 4 is 21.6 Å². The molecule has 100 valence electrons. The van der Waals surface area contributed by atoms with E-state index in [0.717, 1.165) is 13.1 Å². The van der Waals surface area contributed by atoms with Crippen LogP contribution in [0, 0.1) is 0 Å². The number of aromatic nitrogens is 2. The van der Waals surface area contributed by atoms with Crippen LogP contribution in [0.25, 0.3) is 0 Å². The lowest BCUT2D eigenvalue weighted by Gasteiger charge is -2.28. The number of piperidine rings is 1. The Hall–Kier alpha value is -0.920. The van der Waals surface area contributed by atoms with E-state index in [4.69, 9.17) is 5.11 Å². The van der Waals surface area contributed by atoms with E-state index in [1.807, 2.05) is 0 Å². The second-order valence-corrected chi connectivity index (χ2v) is 5.08. The highest BCUT2D eigenvalue weighted by molar-refractivity contribution is 9.10. The van der Waals surface area contributed by atoms with Gasteiger partial charge in [0.1, 0.15) is 4.47 Å². The van der Waals surface area contributed by atoms with Crippen molar-refractivity contribution in [1.29, 1.82) is 0 Å². The average Bonchev–Trinajstić information content (AvgIpc) is 2.40. The summed E-state index contributed by atoms with van der Waals surface area (Å²) in [4.78, 5) is 11.9. The first-order valence-corrected chi connectivity index (χ1v) is 6.90. The summed E-state index contributed by atoms with van der Waals surface area (Å²) >= 11 is 3.28. The number of aliphatic hydroxyl groups is 1. The van der Waals surface area contributed by atoms with Gasteiger partial charge in [0.25, 0.3) is 5.56 Å². The lowest BCUT2D eigenvalue weighted by Crippen LogP contribution is -2.36. The standard InChI is InChI=1S/C11H17BrN4O2/c12-10-9(14-15-4-2-1-3-5-15)8-13-16(6-7-17)11(10)18/h8,14,17H,1-7H2. The van der Waals surface area contributed by atoms with Crippen molar-refractivity contribution < 1.29 is 5.11 Å². The van der Waals surface area contributed by atoms with Gasteiger partial charge in [-0.2, -0.15) is 5.10 Å². The van der Waals surface area contributed by atoms with Crippen LogP contribution in [0.15, 0.2) is 15.5 Å². The molecule has 1 aromatic heterocycles. The van der Waals surface area contributed by atoms with Gasteiger partial charge >= 0.3 is 0 Å². The van der Waals surface area contributed by atoms with Crippen LogP contribution in [0.1, 0.15) is 19.3 Å². The molecule has 6 nitrogen and oxygen atoms in total. The van der Waals surface area contributed by atoms with Crippen LogP contribution in [-0.2, 0) is 6.54 Å². The van der Waals surface area contributed by atoms with Gasteiger partial charge in [-0.25, -0.2) is 9.69 Å². The predicted molar refractivity (Wildman–Crippen MR) is 72.3 cm³/mol. The SMILES string of the molecule is O=c1c(Br)c(NN2CCCCC2)cnn1CCO. The van der Waals surface area contributed by atoms with Gasteiger partial charge in [0, 0.05) is 13.1 Å². The zero-order chi connectivity index (χ0) is 13.0. The van der Waals surface area contributed by atoms with Crippen LogP contribution < -0.4 is 11.0 Å². The van der Waals surface area contributed by atoms with Crippen molar-refractivity contribution in [2.24, 2.45) is 0 Å². The first-order valence-electron chi connectivity index (χ1n) is 6.10.